The van der Waals surface area contributed by atoms with E-state index in [9.17, 15) is 21.6 Å². The molecule has 0 radical (unpaired) electrons. The van der Waals surface area contributed by atoms with E-state index in [1.165, 1.54) is 0 Å². The summed E-state index contributed by atoms with van der Waals surface area (Å²) in [6.45, 7) is 4.52. The Kier molecular flexibility index (Phi) is 8.01. The molecular weight excluding hydrogens is 446 g/mol. The predicted molar refractivity (Wildman–Crippen MR) is 117 cm³/mol. The van der Waals surface area contributed by atoms with Crippen LogP contribution in [-0.4, -0.2) is 65.4 Å². The van der Waals surface area contributed by atoms with E-state index in [0.717, 1.165) is 17.0 Å². The molecule has 2 rings (SSSR count). The summed E-state index contributed by atoms with van der Waals surface area (Å²) in [5.41, 5.74) is 3.08. The number of hydrogen-bond donors (Lipinski definition) is 3. The Hall–Kier alpha value is -1.82. The third-order valence-corrected chi connectivity index (χ3v) is 7.48. The highest BCUT2D eigenvalue weighted by molar-refractivity contribution is 7.86. The summed E-state index contributed by atoms with van der Waals surface area (Å²) in [6, 6.07) is 5.49. The van der Waals surface area contributed by atoms with Gasteiger partial charge in [0.1, 0.15) is 6.54 Å². The fourth-order valence-corrected chi connectivity index (χ4v) is 5.28. The van der Waals surface area contributed by atoms with Gasteiger partial charge in [0.15, 0.2) is 5.71 Å². The molecule has 3 N–H and O–H groups in total. The minimum absolute atomic E-state index is 0.112. The Bertz CT molecular complexity index is 1080. The van der Waals surface area contributed by atoms with Crippen molar-refractivity contribution in [1.82, 2.24) is 0 Å². The largest absolute Gasteiger partial charge is 0.481 e. The van der Waals surface area contributed by atoms with Crippen LogP contribution in [0.2, 0.25) is 0 Å². The first-order chi connectivity index (χ1) is 14.2. The van der Waals surface area contributed by atoms with Crippen molar-refractivity contribution < 1.29 is 40.4 Å². The lowest BCUT2D eigenvalue weighted by Crippen LogP contribution is -2.30. The predicted octanol–water partition coefficient (Wildman–Crippen LogP) is 2.42. The van der Waals surface area contributed by atoms with Crippen LogP contribution in [0.1, 0.15) is 57.1 Å². The molecule has 1 aliphatic rings. The zero-order valence-electron chi connectivity index (χ0n) is 17.7. The molecule has 1 aromatic rings. The highest BCUT2D eigenvalue weighted by atomic mass is 32.2. The summed E-state index contributed by atoms with van der Waals surface area (Å²) in [5.74, 6) is -1.56. The van der Waals surface area contributed by atoms with Crippen molar-refractivity contribution in [1.29, 1.82) is 0 Å². The Morgan fingerprint density at radius 2 is 1.58 bits per heavy atom. The van der Waals surface area contributed by atoms with Crippen LogP contribution in [0.4, 0.5) is 5.69 Å². The first kappa shape index (κ1) is 25.4. The van der Waals surface area contributed by atoms with Crippen molar-refractivity contribution in [3.63, 3.8) is 0 Å². The SMILES string of the molecule is CC1=[N+](CCCCS(=O)(=O)O)c2ccc(CC(=O)O)cc2C1(C)CCCCS(=O)(=O)O. The van der Waals surface area contributed by atoms with E-state index >= 15 is 0 Å². The van der Waals surface area contributed by atoms with E-state index < -0.39 is 31.6 Å². The maximum Gasteiger partial charge on any atom is 0.307 e. The number of carbonyl (C=O) groups is 1. The molecule has 0 amide bonds. The molecule has 31 heavy (non-hydrogen) atoms. The second-order valence-electron chi connectivity index (χ2n) is 8.23. The quantitative estimate of drug-likeness (QED) is 0.236. The van der Waals surface area contributed by atoms with Crippen LogP contribution < -0.4 is 0 Å². The smallest absolute Gasteiger partial charge is 0.307 e. The monoisotopic (exact) mass is 476 g/mol. The number of rotatable bonds is 12. The molecule has 0 aliphatic carbocycles. The van der Waals surface area contributed by atoms with Crippen LogP contribution in [0.5, 0.6) is 0 Å². The fraction of sp³-hybridized carbons (Fsp3) is 0.600. The molecule has 0 aromatic heterocycles. The Labute approximate surface area is 183 Å². The van der Waals surface area contributed by atoms with E-state index in [4.69, 9.17) is 14.2 Å². The van der Waals surface area contributed by atoms with Crippen molar-refractivity contribution >= 4 is 37.6 Å². The summed E-state index contributed by atoms with van der Waals surface area (Å²) in [6.07, 6.45) is 2.19. The molecule has 0 spiro atoms. The zero-order chi connectivity index (χ0) is 23.4. The first-order valence-corrected chi connectivity index (χ1v) is 13.3. The molecule has 9 nitrogen and oxygen atoms in total. The van der Waals surface area contributed by atoms with Crippen LogP contribution in [0.15, 0.2) is 18.2 Å². The Morgan fingerprint density at radius 3 is 2.13 bits per heavy atom. The van der Waals surface area contributed by atoms with Gasteiger partial charge in [0.2, 0.25) is 5.69 Å². The standard InChI is InChI=1S/C20H29NO8S2/c1-15-20(2,9-3-5-11-30(24,25)26)17-13-16(14-19(22)23)7-8-18(17)21(15)10-4-6-12-31(27,28)29/h7-8,13H,3-6,9-12,14H2,1-2H3,(H2-,22,23,24,25,26,27,28,29)/p+1. The molecule has 1 atom stereocenters. The summed E-state index contributed by atoms with van der Waals surface area (Å²) in [7, 11) is -8.04. The summed E-state index contributed by atoms with van der Waals surface area (Å²) >= 11 is 0. The number of fused-ring (bicyclic) bond motifs is 1. The average molecular weight is 477 g/mol. The van der Waals surface area contributed by atoms with Gasteiger partial charge in [-0.15, -0.1) is 0 Å². The lowest BCUT2D eigenvalue weighted by molar-refractivity contribution is -0.439. The first-order valence-electron chi connectivity index (χ1n) is 10.1. The van der Waals surface area contributed by atoms with Gasteiger partial charge in [-0.2, -0.15) is 21.4 Å². The van der Waals surface area contributed by atoms with Gasteiger partial charge in [0.05, 0.1) is 23.3 Å². The van der Waals surface area contributed by atoms with E-state index in [2.05, 4.69) is 4.58 Å². The topological polar surface area (TPSA) is 149 Å². The van der Waals surface area contributed by atoms with Gasteiger partial charge in [-0.05, 0) is 37.8 Å². The molecule has 1 unspecified atom stereocenters. The van der Waals surface area contributed by atoms with Crippen LogP contribution >= 0.6 is 0 Å². The maximum absolute atomic E-state index is 11.2. The van der Waals surface area contributed by atoms with Crippen LogP contribution in [-0.2, 0) is 36.9 Å². The van der Waals surface area contributed by atoms with Crippen molar-refractivity contribution in [2.24, 2.45) is 0 Å². The van der Waals surface area contributed by atoms with Crippen molar-refractivity contribution in [2.75, 3.05) is 18.1 Å². The lowest BCUT2D eigenvalue weighted by atomic mass is 9.75. The molecular formula is C20H30NO8S2+. The normalized spacial score (nSPS) is 19.0. The highest BCUT2D eigenvalue weighted by Gasteiger charge is 2.46. The van der Waals surface area contributed by atoms with Gasteiger partial charge < -0.3 is 5.11 Å². The molecule has 0 bridgehead atoms. The van der Waals surface area contributed by atoms with Gasteiger partial charge in [-0.1, -0.05) is 12.5 Å². The van der Waals surface area contributed by atoms with E-state index in [1.807, 2.05) is 26.0 Å². The second-order valence-corrected chi connectivity index (χ2v) is 11.4. The minimum atomic E-state index is -4.02. The van der Waals surface area contributed by atoms with Crippen LogP contribution in [0.25, 0.3) is 0 Å². The number of carboxylic acids is 1. The molecule has 11 heteroatoms. The number of hydrogen-bond acceptors (Lipinski definition) is 5. The van der Waals surface area contributed by atoms with Crippen molar-refractivity contribution in [3.8, 4) is 0 Å². The van der Waals surface area contributed by atoms with Gasteiger partial charge in [-0.25, -0.2) is 0 Å². The molecule has 1 aliphatic heterocycles. The van der Waals surface area contributed by atoms with Crippen molar-refractivity contribution in [3.05, 3.63) is 29.3 Å². The van der Waals surface area contributed by atoms with Gasteiger partial charge in [0.25, 0.3) is 20.2 Å². The number of aliphatic carboxylic acids is 1. The van der Waals surface area contributed by atoms with Crippen molar-refractivity contribution in [2.45, 2.75) is 57.8 Å². The third kappa shape index (κ3) is 7.09. The van der Waals surface area contributed by atoms with Gasteiger partial charge >= 0.3 is 5.97 Å². The van der Waals surface area contributed by atoms with Crippen LogP contribution in [0, 0.1) is 0 Å². The fourth-order valence-electron chi connectivity index (χ4n) is 4.14. The number of unbranched alkanes of at least 4 members (excludes halogenated alkanes) is 2. The zero-order valence-corrected chi connectivity index (χ0v) is 19.4. The summed E-state index contributed by atoms with van der Waals surface area (Å²) in [5, 5.41) is 9.14. The Balaban J connectivity index is 2.29. The molecule has 0 saturated heterocycles. The lowest BCUT2D eigenvalue weighted by Gasteiger charge is -2.22. The summed E-state index contributed by atoms with van der Waals surface area (Å²) < 4.78 is 63.9. The third-order valence-electron chi connectivity index (χ3n) is 5.87. The van der Waals surface area contributed by atoms with E-state index in [1.54, 1.807) is 6.07 Å². The molecule has 174 valence electrons. The highest BCUT2D eigenvalue weighted by Crippen LogP contribution is 2.43. The molecule has 0 fully saturated rings. The summed E-state index contributed by atoms with van der Waals surface area (Å²) in [4.78, 5) is 11.2. The Morgan fingerprint density at radius 1 is 1.00 bits per heavy atom. The van der Waals surface area contributed by atoms with Crippen LogP contribution in [0.3, 0.4) is 0 Å². The van der Waals surface area contributed by atoms with Gasteiger partial charge in [0, 0.05) is 25.0 Å². The molecule has 0 saturated carbocycles. The average Bonchev–Trinajstić information content (AvgIpc) is 2.82. The number of benzene rings is 1. The maximum atomic E-state index is 11.2. The minimum Gasteiger partial charge on any atom is -0.481 e. The molecule has 1 heterocycles. The molecule has 1 aromatic carbocycles. The number of carboxylic acid groups (broad SMARTS) is 1. The van der Waals surface area contributed by atoms with Gasteiger partial charge in [-0.3, -0.25) is 13.9 Å². The second kappa shape index (κ2) is 9.76. The number of nitrogens with zero attached hydrogens (tertiary/aromatic N) is 1. The van der Waals surface area contributed by atoms with E-state index in [-0.39, 0.29) is 17.9 Å². The van der Waals surface area contributed by atoms with E-state index in [0.29, 0.717) is 44.2 Å².